The first-order valence-corrected chi connectivity index (χ1v) is 8.49. The number of methoxy groups -OCH3 is 1. The second-order valence-corrected chi connectivity index (χ2v) is 6.79. The van der Waals surface area contributed by atoms with Crippen LogP contribution in [0.5, 0.6) is 0 Å². The van der Waals surface area contributed by atoms with Crippen molar-refractivity contribution in [3.8, 4) is 0 Å². The van der Waals surface area contributed by atoms with E-state index in [9.17, 15) is 0 Å². The zero-order valence-corrected chi connectivity index (χ0v) is 13.2. The Morgan fingerprint density at radius 1 is 1.24 bits per heavy atom. The molecule has 4 nitrogen and oxygen atoms in total. The van der Waals surface area contributed by atoms with E-state index in [1.807, 2.05) is 0 Å². The van der Waals surface area contributed by atoms with Gasteiger partial charge in [-0.05, 0) is 50.4 Å². The molecular weight excluding hydrogens is 264 g/mol. The second kappa shape index (κ2) is 6.93. The highest BCUT2D eigenvalue weighted by atomic mass is 16.5. The quantitative estimate of drug-likeness (QED) is 0.747. The number of aryl methyl sites for hydroxylation is 1. The molecule has 0 atom stereocenters. The third kappa shape index (κ3) is 3.49. The number of fused-ring (bicyclic) bond motifs is 1. The molecule has 3 rings (SSSR count). The molecule has 2 aliphatic carbocycles. The van der Waals surface area contributed by atoms with Gasteiger partial charge in [-0.1, -0.05) is 11.6 Å². The summed E-state index contributed by atoms with van der Waals surface area (Å²) in [4.78, 5) is 0. The van der Waals surface area contributed by atoms with E-state index in [2.05, 4.69) is 10.5 Å². The van der Waals surface area contributed by atoms with Crippen molar-refractivity contribution >= 4 is 0 Å². The van der Waals surface area contributed by atoms with E-state index in [0.717, 1.165) is 44.0 Å². The molecule has 0 unspecified atom stereocenters. The van der Waals surface area contributed by atoms with Crippen molar-refractivity contribution in [2.75, 3.05) is 20.3 Å². The van der Waals surface area contributed by atoms with Crippen LogP contribution < -0.4 is 5.32 Å². The number of hydrogen-bond acceptors (Lipinski definition) is 4. The molecule has 118 valence electrons. The topological polar surface area (TPSA) is 47.3 Å². The van der Waals surface area contributed by atoms with Crippen LogP contribution in [0, 0.1) is 5.41 Å². The molecule has 0 saturated heterocycles. The van der Waals surface area contributed by atoms with Crippen LogP contribution in [0.3, 0.4) is 0 Å². The Hall–Kier alpha value is -0.870. The molecule has 0 aromatic carbocycles. The zero-order valence-electron chi connectivity index (χ0n) is 13.2. The third-order valence-electron chi connectivity index (χ3n) is 5.29. The van der Waals surface area contributed by atoms with Gasteiger partial charge in [-0.2, -0.15) is 0 Å². The van der Waals surface area contributed by atoms with Crippen molar-refractivity contribution in [3.05, 3.63) is 17.0 Å². The predicted octanol–water partition coefficient (Wildman–Crippen LogP) is 3.24. The number of rotatable bonds is 8. The SMILES string of the molecule is COCCCC1(CNCc2noc3c2CCCC3)CCC1. The highest BCUT2D eigenvalue weighted by molar-refractivity contribution is 5.25. The molecule has 0 aliphatic heterocycles. The lowest BCUT2D eigenvalue weighted by Crippen LogP contribution is -2.40. The summed E-state index contributed by atoms with van der Waals surface area (Å²) in [5.41, 5.74) is 3.05. The van der Waals surface area contributed by atoms with Crippen molar-refractivity contribution in [1.29, 1.82) is 0 Å². The molecule has 4 heteroatoms. The van der Waals surface area contributed by atoms with Gasteiger partial charge < -0.3 is 14.6 Å². The van der Waals surface area contributed by atoms with Gasteiger partial charge in [-0.25, -0.2) is 0 Å². The Morgan fingerprint density at radius 2 is 2.10 bits per heavy atom. The Labute approximate surface area is 127 Å². The average Bonchev–Trinajstić information content (AvgIpc) is 2.88. The molecule has 1 aromatic rings. The Bertz CT molecular complexity index is 452. The summed E-state index contributed by atoms with van der Waals surface area (Å²) in [5, 5.41) is 7.92. The lowest BCUT2D eigenvalue weighted by atomic mass is 9.66. The molecule has 1 fully saturated rings. The van der Waals surface area contributed by atoms with Gasteiger partial charge in [0.1, 0.15) is 11.5 Å². The van der Waals surface area contributed by atoms with E-state index < -0.39 is 0 Å². The lowest BCUT2D eigenvalue weighted by molar-refractivity contribution is 0.0941. The fourth-order valence-electron chi connectivity index (χ4n) is 3.82. The summed E-state index contributed by atoms with van der Waals surface area (Å²) in [7, 11) is 1.79. The molecule has 1 aromatic heterocycles. The molecule has 1 heterocycles. The van der Waals surface area contributed by atoms with Gasteiger partial charge in [-0.3, -0.25) is 0 Å². The maximum absolute atomic E-state index is 5.48. The Morgan fingerprint density at radius 3 is 2.86 bits per heavy atom. The molecule has 2 aliphatic rings. The number of nitrogens with one attached hydrogen (secondary N) is 1. The van der Waals surface area contributed by atoms with Crippen molar-refractivity contribution in [2.24, 2.45) is 5.41 Å². The minimum absolute atomic E-state index is 0.516. The van der Waals surface area contributed by atoms with Crippen LogP contribution in [-0.2, 0) is 24.1 Å². The number of hydrogen-bond donors (Lipinski definition) is 1. The van der Waals surface area contributed by atoms with Crippen LogP contribution in [0.25, 0.3) is 0 Å². The summed E-state index contributed by atoms with van der Waals surface area (Å²) in [6.45, 7) is 2.86. The van der Waals surface area contributed by atoms with Gasteiger partial charge in [0.15, 0.2) is 0 Å². The lowest BCUT2D eigenvalue weighted by Gasteiger charge is -2.42. The summed E-state index contributed by atoms with van der Waals surface area (Å²) in [6, 6.07) is 0. The molecule has 0 spiro atoms. The molecule has 0 amide bonds. The summed E-state index contributed by atoms with van der Waals surface area (Å²) in [5.74, 6) is 1.14. The maximum atomic E-state index is 5.48. The van der Waals surface area contributed by atoms with Gasteiger partial charge in [0.2, 0.25) is 0 Å². The first-order valence-electron chi connectivity index (χ1n) is 8.49. The molecular formula is C17H28N2O2. The maximum Gasteiger partial charge on any atom is 0.140 e. The average molecular weight is 292 g/mol. The Kier molecular flexibility index (Phi) is 4.96. The molecule has 21 heavy (non-hydrogen) atoms. The van der Waals surface area contributed by atoms with Gasteiger partial charge in [0.25, 0.3) is 0 Å². The first kappa shape index (κ1) is 15.0. The number of nitrogens with zero attached hydrogens (tertiary/aromatic N) is 1. The van der Waals surface area contributed by atoms with Crippen LogP contribution in [0.4, 0.5) is 0 Å². The normalized spacial score (nSPS) is 20.0. The van der Waals surface area contributed by atoms with Gasteiger partial charge >= 0.3 is 0 Å². The fourth-order valence-corrected chi connectivity index (χ4v) is 3.82. The molecule has 0 radical (unpaired) electrons. The second-order valence-electron chi connectivity index (χ2n) is 6.79. The van der Waals surface area contributed by atoms with Gasteiger partial charge in [-0.15, -0.1) is 0 Å². The van der Waals surface area contributed by atoms with Gasteiger partial charge in [0.05, 0.1) is 0 Å². The van der Waals surface area contributed by atoms with E-state index in [1.165, 1.54) is 50.5 Å². The van der Waals surface area contributed by atoms with E-state index in [-0.39, 0.29) is 0 Å². The summed E-state index contributed by atoms with van der Waals surface area (Å²) >= 11 is 0. The smallest absolute Gasteiger partial charge is 0.140 e. The zero-order chi connectivity index (χ0) is 14.5. The molecule has 1 saturated carbocycles. The summed E-state index contributed by atoms with van der Waals surface area (Å²) in [6.07, 6.45) is 11.3. The Balaban J connectivity index is 1.47. The van der Waals surface area contributed by atoms with Crippen LogP contribution >= 0.6 is 0 Å². The molecule has 0 bridgehead atoms. The van der Waals surface area contributed by atoms with Crippen molar-refractivity contribution < 1.29 is 9.26 Å². The number of ether oxygens (including phenoxy) is 1. The van der Waals surface area contributed by atoms with Crippen molar-refractivity contribution in [1.82, 2.24) is 10.5 Å². The van der Waals surface area contributed by atoms with Crippen LogP contribution in [0.15, 0.2) is 4.52 Å². The first-order chi connectivity index (χ1) is 10.3. The largest absolute Gasteiger partial charge is 0.385 e. The fraction of sp³-hybridized carbons (Fsp3) is 0.824. The van der Waals surface area contributed by atoms with Crippen LogP contribution in [-0.4, -0.2) is 25.4 Å². The monoisotopic (exact) mass is 292 g/mol. The minimum Gasteiger partial charge on any atom is -0.385 e. The highest BCUT2D eigenvalue weighted by Gasteiger charge is 2.35. The minimum atomic E-state index is 0.516. The van der Waals surface area contributed by atoms with E-state index in [0.29, 0.717) is 5.41 Å². The predicted molar refractivity (Wildman–Crippen MR) is 82.2 cm³/mol. The van der Waals surface area contributed by atoms with Crippen molar-refractivity contribution in [2.45, 2.75) is 64.3 Å². The third-order valence-corrected chi connectivity index (χ3v) is 5.29. The van der Waals surface area contributed by atoms with E-state index in [4.69, 9.17) is 9.26 Å². The molecule has 1 N–H and O–H groups in total. The highest BCUT2D eigenvalue weighted by Crippen LogP contribution is 2.44. The summed E-state index contributed by atoms with van der Waals surface area (Å²) < 4.78 is 10.7. The van der Waals surface area contributed by atoms with Gasteiger partial charge in [0, 0.05) is 38.8 Å². The standard InChI is InChI=1S/C17H28N2O2/c1-20-11-5-10-17(8-4-9-17)13-18-12-15-14-6-2-3-7-16(14)21-19-15/h18H,2-13H2,1H3. The van der Waals surface area contributed by atoms with Crippen LogP contribution in [0.2, 0.25) is 0 Å². The van der Waals surface area contributed by atoms with E-state index >= 15 is 0 Å². The van der Waals surface area contributed by atoms with Crippen LogP contribution in [0.1, 0.15) is 62.0 Å². The van der Waals surface area contributed by atoms with Crippen molar-refractivity contribution in [3.63, 3.8) is 0 Å². The van der Waals surface area contributed by atoms with E-state index in [1.54, 1.807) is 7.11 Å². The number of aromatic nitrogens is 1.